The van der Waals surface area contributed by atoms with Crippen LogP contribution in [0.5, 0.6) is 11.5 Å². The molecule has 0 aromatic heterocycles. The number of amides is 1. The summed E-state index contributed by atoms with van der Waals surface area (Å²) in [5, 5.41) is 2.72. The first kappa shape index (κ1) is 21.7. The predicted octanol–water partition coefficient (Wildman–Crippen LogP) is 3.13. The maximum atomic E-state index is 12.5. The highest BCUT2D eigenvalue weighted by atomic mass is 32.2. The van der Waals surface area contributed by atoms with Gasteiger partial charge in [-0.15, -0.1) is 0 Å². The number of benzene rings is 2. The van der Waals surface area contributed by atoms with E-state index in [1.807, 2.05) is 0 Å². The summed E-state index contributed by atoms with van der Waals surface area (Å²) in [6, 6.07) is 13.0. The number of hydrogen-bond donors (Lipinski definition) is 1. The van der Waals surface area contributed by atoms with Gasteiger partial charge in [0, 0.05) is 18.8 Å². The monoisotopic (exact) mass is 406 g/mol. The number of anilines is 1. The second-order valence-corrected chi connectivity index (χ2v) is 7.98. The van der Waals surface area contributed by atoms with E-state index in [2.05, 4.69) is 5.32 Å². The average Bonchev–Trinajstić information content (AvgIpc) is 2.69. The third-order valence-corrected chi connectivity index (χ3v) is 6.27. The molecule has 1 amide bonds. The second-order valence-electron chi connectivity index (χ2n) is 6.04. The Morgan fingerprint density at radius 1 is 1.00 bits per heavy atom. The number of carbonyl (C=O) groups excluding carboxylic acids is 1. The number of nitrogens with zero attached hydrogens (tertiary/aromatic N) is 1. The molecule has 2 aromatic carbocycles. The van der Waals surface area contributed by atoms with Gasteiger partial charge in [0.15, 0.2) is 6.10 Å². The van der Waals surface area contributed by atoms with E-state index in [9.17, 15) is 13.2 Å². The fourth-order valence-electron chi connectivity index (χ4n) is 2.58. The third-order valence-electron chi connectivity index (χ3n) is 4.21. The van der Waals surface area contributed by atoms with Crippen LogP contribution in [0.1, 0.15) is 20.8 Å². The number of methoxy groups -OCH3 is 1. The van der Waals surface area contributed by atoms with Crippen LogP contribution in [0.15, 0.2) is 53.4 Å². The summed E-state index contributed by atoms with van der Waals surface area (Å²) in [5.41, 5.74) is 0.494. The molecule has 0 aliphatic heterocycles. The fraction of sp³-hybridized carbons (Fsp3) is 0.350. The van der Waals surface area contributed by atoms with Crippen LogP contribution in [0.3, 0.4) is 0 Å². The van der Waals surface area contributed by atoms with Crippen LogP contribution in [0, 0.1) is 0 Å². The third kappa shape index (κ3) is 5.24. The predicted molar refractivity (Wildman–Crippen MR) is 108 cm³/mol. The molecule has 0 aliphatic rings. The van der Waals surface area contributed by atoms with Crippen LogP contribution in [0.4, 0.5) is 5.69 Å². The lowest BCUT2D eigenvalue weighted by Crippen LogP contribution is -2.31. The largest absolute Gasteiger partial charge is 0.497 e. The molecule has 7 nitrogen and oxygen atoms in total. The van der Waals surface area contributed by atoms with E-state index in [4.69, 9.17) is 9.47 Å². The van der Waals surface area contributed by atoms with Crippen LogP contribution >= 0.6 is 0 Å². The molecule has 8 heteroatoms. The van der Waals surface area contributed by atoms with Crippen molar-refractivity contribution >= 4 is 21.6 Å². The highest BCUT2D eigenvalue weighted by molar-refractivity contribution is 7.89. The summed E-state index contributed by atoms with van der Waals surface area (Å²) in [6.07, 6.45) is -0.729. The molecule has 2 aromatic rings. The SMILES string of the molecule is CCN(CC)S(=O)(=O)c1ccc(NC(=O)C(C)Oc2ccc(OC)cc2)cc1. The molecule has 0 saturated heterocycles. The Balaban J connectivity index is 2.01. The number of rotatable bonds is 9. The first-order valence-corrected chi connectivity index (χ1v) is 10.5. The van der Waals surface area contributed by atoms with Gasteiger partial charge in [-0.25, -0.2) is 8.42 Å². The Morgan fingerprint density at radius 2 is 1.54 bits per heavy atom. The zero-order valence-electron chi connectivity index (χ0n) is 16.5. The summed E-state index contributed by atoms with van der Waals surface area (Å²) in [7, 11) is -1.95. The van der Waals surface area contributed by atoms with Crippen molar-refractivity contribution in [1.29, 1.82) is 0 Å². The smallest absolute Gasteiger partial charge is 0.265 e. The molecule has 0 saturated carbocycles. The summed E-state index contributed by atoms with van der Waals surface area (Å²) >= 11 is 0. The van der Waals surface area contributed by atoms with Crippen molar-refractivity contribution in [2.24, 2.45) is 0 Å². The van der Waals surface area contributed by atoms with Crippen molar-refractivity contribution in [3.8, 4) is 11.5 Å². The number of hydrogen-bond acceptors (Lipinski definition) is 5. The minimum absolute atomic E-state index is 0.191. The molecule has 1 unspecified atom stereocenters. The maximum absolute atomic E-state index is 12.5. The van der Waals surface area contributed by atoms with Gasteiger partial charge in [0.05, 0.1) is 12.0 Å². The Labute approximate surface area is 166 Å². The van der Waals surface area contributed by atoms with Gasteiger partial charge in [-0.3, -0.25) is 4.79 Å². The first-order chi connectivity index (χ1) is 13.3. The van der Waals surface area contributed by atoms with E-state index >= 15 is 0 Å². The van der Waals surface area contributed by atoms with Gasteiger partial charge in [0.1, 0.15) is 11.5 Å². The molecule has 28 heavy (non-hydrogen) atoms. The number of carbonyl (C=O) groups is 1. The quantitative estimate of drug-likeness (QED) is 0.692. The van der Waals surface area contributed by atoms with E-state index in [0.717, 1.165) is 0 Å². The van der Waals surface area contributed by atoms with Gasteiger partial charge in [0.25, 0.3) is 5.91 Å². The Morgan fingerprint density at radius 3 is 2.04 bits per heavy atom. The van der Waals surface area contributed by atoms with Gasteiger partial charge in [-0.2, -0.15) is 4.31 Å². The second kappa shape index (κ2) is 9.57. The zero-order valence-corrected chi connectivity index (χ0v) is 17.3. The van der Waals surface area contributed by atoms with Crippen molar-refractivity contribution in [2.75, 3.05) is 25.5 Å². The van der Waals surface area contributed by atoms with Crippen LogP contribution in [-0.4, -0.2) is 44.9 Å². The molecule has 0 spiro atoms. The molecule has 0 radical (unpaired) electrons. The van der Waals surface area contributed by atoms with Gasteiger partial charge in [-0.05, 0) is 55.5 Å². The number of ether oxygens (including phenoxy) is 2. The van der Waals surface area contributed by atoms with E-state index in [1.54, 1.807) is 64.3 Å². The Hall–Kier alpha value is -2.58. The topological polar surface area (TPSA) is 84.9 Å². The zero-order chi connectivity index (χ0) is 20.7. The Bertz CT molecular complexity index is 876. The van der Waals surface area contributed by atoms with E-state index in [1.165, 1.54) is 16.4 Å². The van der Waals surface area contributed by atoms with Crippen molar-refractivity contribution in [3.63, 3.8) is 0 Å². The summed E-state index contributed by atoms with van der Waals surface area (Å²) in [4.78, 5) is 12.5. The van der Waals surface area contributed by atoms with E-state index in [-0.39, 0.29) is 10.8 Å². The molecule has 2 rings (SSSR count). The molecular formula is C20H26N2O5S. The normalized spacial score (nSPS) is 12.5. The molecule has 0 heterocycles. The van der Waals surface area contributed by atoms with Crippen molar-refractivity contribution in [1.82, 2.24) is 4.31 Å². The standard InChI is InChI=1S/C20H26N2O5S/c1-5-22(6-2)28(24,25)19-13-7-16(8-14-19)21-20(23)15(3)27-18-11-9-17(26-4)10-12-18/h7-15H,5-6H2,1-4H3,(H,21,23). The molecule has 1 N–H and O–H groups in total. The first-order valence-electron chi connectivity index (χ1n) is 9.03. The molecule has 0 bridgehead atoms. The van der Waals surface area contributed by atoms with Gasteiger partial charge >= 0.3 is 0 Å². The molecule has 1 atom stereocenters. The van der Waals surface area contributed by atoms with Crippen LogP contribution < -0.4 is 14.8 Å². The lowest BCUT2D eigenvalue weighted by Gasteiger charge is -2.19. The van der Waals surface area contributed by atoms with Gasteiger partial charge in [0.2, 0.25) is 10.0 Å². The van der Waals surface area contributed by atoms with Crippen LogP contribution in [-0.2, 0) is 14.8 Å². The lowest BCUT2D eigenvalue weighted by atomic mass is 10.3. The van der Waals surface area contributed by atoms with E-state index < -0.39 is 16.1 Å². The van der Waals surface area contributed by atoms with Crippen molar-refractivity contribution in [3.05, 3.63) is 48.5 Å². The fourth-order valence-corrected chi connectivity index (χ4v) is 4.04. The van der Waals surface area contributed by atoms with Gasteiger partial charge < -0.3 is 14.8 Å². The van der Waals surface area contributed by atoms with Crippen molar-refractivity contribution < 1.29 is 22.7 Å². The lowest BCUT2D eigenvalue weighted by molar-refractivity contribution is -0.122. The van der Waals surface area contributed by atoms with Crippen LogP contribution in [0.25, 0.3) is 0 Å². The highest BCUT2D eigenvalue weighted by Gasteiger charge is 2.21. The molecular weight excluding hydrogens is 380 g/mol. The highest BCUT2D eigenvalue weighted by Crippen LogP contribution is 2.20. The average molecular weight is 407 g/mol. The number of nitrogens with one attached hydrogen (secondary N) is 1. The summed E-state index contributed by atoms with van der Waals surface area (Å²) in [5.74, 6) is 0.906. The summed E-state index contributed by atoms with van der Waals surface area (Å²) < 4.78 is 37.1. The minimum atomic E-state index is -3.52. The maximum Gasteiger partial charge on any atom is 0.265 e. The molecule has 0 fully saturated rings. The molecule has 0 aliphatic carbocycles. The Kier molecular flexibility index (Phi) is 7.42. The molecule has 152 valence electrons. The van der Waals surface area contributed by atoms with Gasteiger partial charge in [-0.1, -0.05) is 13.8 Å². The minimum Gasteiger partial charge on any atom is -0.497 e. The number of sulfonamides is 1. The van der Waals surface area contributed by atoms with E-state index in [0.29, 0.717) is 30.3 Å². The van der Waals surface area contributed by atoms with Crippen molar-refractivity contribution in [2.45, 2.75) is 31.8 Å². The summed E-state index contributed by atoms with van der Waals surface area (Å²) in [6.45, 7) is 6.02. The van der Waals surface area contributed by atoms with Crippen LogP contribution in [0.2, 0.25) is 0 Å².